The molecule has 1 unspecified atom stereocenters. The first-order valence-electron chi connectivity index (χ1n) is 14.2. The first kappa shape index (κ1) is 31.9. The van der Waals surface area contributed by atoms with Crippen LogP contribution in [0.4, 0.5) is 0 Å². The molecule has 4 nitrogen and oxygen atoms in total. The molecule has 0 amide bonds. The second-order valence-electron chi connectivity index (χ2n) is 10.6. The molecule has 0 spiro atoms. The van der Waals surface area contributed by atoms with Crippen molar-refractivity contribution >= 4 is 11.9 Å². The molecule has 1 atom stereocenters. The maximum absolute atomic E-state index is 12.2. The van der Waals surface area contributed by atoms with Gasteiger partial charge < -0.3 is 9.47 Å². The average Bonchev–Trinajstić information content (AvgIpc) is 2.75. The molecule has 0 aliphatic heterocycles. The van der Waals surface area contributed by atoms with Crippen LogP contribution in [0.25, 0.3) is 0 Å². The lowest BCUT2D eigenvalue weighted by Crippen LogP contribution is -2.18. The Hall–Kier alpha value is -1.06. The van der Waals surface area contributed by atoms with Gasteiger partial charge in [-0.05, 0) is 43.9 Å². The molecule has 196 valence electrons. The molecule has 0 fully saturated rings. The number of rotatable bonds is 23. The van der Waals surface area contributed by atoms with Gasteiger partial charge in [-0.25, -0.2) is 0 Å². The van der Waals surface area contributed by atoms with E-state index in [9.17, 15) is 9.59 Å². The normalized spacial score (nSPS) is 12.3. The van der Waals surface area contributed by atoms with E-state index in [-0.39, 0.29) is 17.9 Å². The van der Waals surface area contributed by atoms with Crippen LogP contribution in [0.3, 0.4) is 0 Å². The Balaban J connectivity index is 3.40. The zero-order chi connectivity index (χ0) is 24.7. The summed E-state index contributed by atoms with van der Waals surface area (Å²) in [6, 6.07) is 0. The van der Waals surface area contributed by atoms with E-state index in [1.54, 1.807) is 0 Å². The Bertz CT molecular complexity index is 459. The number of ether oxygens (including phenoxy) is 2. The van der Waals surface area contributed by atoms with Crippen LogP contribution in [0.15, 0.2) is 0 Å². The summed E-state index contributed by atoms with van der Waals surface area (Å²) in [5.41, 5.74) is 0. The molecule has 0 radical (unpaired) electrons. The molecule has 0 saturated carbocycles. The van der Waals surface area contributed by atoms with Crippen molar-refractivity contribution in [3.05, 3.63) is 0 Å². The van der Waals surface area contributed by atoms with Crippen molar-refractivity contribution in [2.24, 2.45) is 17.8 Å². The number of hydrogen-bond acceptors (Lipinski definition) is 4. The Morgan fingerprint density at radius 1 is 0.576 bits per heavy atom. The van der Waals surface area contributed by atoms with Gasteiger partial charge in [0, 0.05) is 6.42 Å². The molecule has 0 heterocycles. The van der Waals surface area contributed by atoms with Crippen LogP contribution in [0, 0.1) is 17.8 Å². The molecule has 0 N–H and O–H groups in total. The number of carbonyl (C=O) groups is 2. The molecule has 0 aromatic carbocycles. The largest absolute Gasteiger partial charge is 0.466 e. The van der Waals surface area contributed by atoms with E-state index in [2.05, 4.69) is 34.6 Å². The van der Waals surface area contributed by atoms with Gasteiger partial charge in [0.2, 0.25) is 0 Å². The van der Waals surface area contributed by atoms with Gasteiger partial charge in [-0.15, -0.1) is 0 Å². The van der Waals surface area contributed by atoms with Crippen LogP contribution < -0.4 is 0 Å². The van der Waals surface area contributed by atoms with Gasteiger partial charge in [0.1, 0.15) is 0 Å². The summed E-state index contributed by atoms with van der Waals surface area (Å²) in [6.45, 7) is 11.8. The third kappa shape index (κ3) is 22.5. The van der Waals surface area contributed by atoms with E-state index in [1.807, 2.05) is 0 Å². The zero-order valence-corrected chi connectivity index (χ0v) is 22.8. The Morgan fingerprint density at radius 3 is 1.45 bits per heavy atom. The van der Waals surface area contributed by atoms with Crippen LogP contribution in [0.5, 0.6) is 0 Å². The van der Waals surface area contributed by atoms with E-state index < -0.39 is 0 Å². The minimum absolute atomic E-state index is 0.0136. The van der Waals surface area contributed by atoms with E-state index in [1.165, 1.54) is 57.8 Å². The van der Waals surface area contributed by atoms with Gasteiger partial charge in [0.15, 0.2) is 0 Å². The van der Waals surface area contributed by atoms with Crippen molar-refractivity contribution in [2.45, 2.75) is 144 Å². The second-order valence-corrected chi connectivity index (χ2v) is 10.6. The average molecular weight is 469 g/mol. The Kier molecular flexibility index (Phi) is 22.0. The molecular formula is C29H56O4. The maximum Gasteiger partial charge on any atom is 0.308 e. The fourth-order valence-electron chi connectivity index (χ4n) is 3.91. The number of carbonyl (C=O) groups excluding carboxylic acids is 2. The van der Waals surface area contributed by atoms with Gasteiger partial charge in [0.25, 0.3) is 0 Å². The molecule has 0 aliphatic carbocycles. The predicted octanol–water partition coefficient (Wildman–Crippen LogP) is 8.65. The first-order valence-corrected chi connectivity index (χ1v) is 14.2. The Labute approximate surface area is 206 Å². The lowest BCUT2D eigenvalue weighted by atomic mass is 9.97. The monoisotopic (exact) mass is 468 g/mol. The smallest absolute Gasteiger partial charge is 0.308 e. The summed E-state index contributed by atoms with van der Waals surface area (Å²) in [5, 5.41) is 0. The SMILES string of the molecule is CCC(CCCCCCCCCCCCCCC(=O)OCCC(C)C)C(=O)OCCC(C)C. The van der Waals surface area contributed by atoms with E-state index in [4.69, 9.17) is 9.47 Å². The standard InChI is InChI=1S/C29H56O4/c1-6-27(29(31)33-24-22-26(4)5)19-17-15-13-11-9-7-8-10-12-14-16-18-20-28(30)32-23-21-25(2)3/h25-27H,6-24H2,1-5H3. The van der Waals surface area contributed by atoms with Gasteiger partial charge in [-0.1, -0.05) is 105 Å². The van der Waals surface area contributed by atoms with Crippen molar-refractivity contribution < 1.29 is 19.1 Å². The van der Waals surface area contributed by atoms with E-state index in [0.717, 1.165) is 44.9 Å². The van der Waals surface area contributed by atoms with Gasteiger partial charge in [-0.3, -0.25) is 9.59 Å². The first-order chi connectivity index (χ1) is 15.9. The molecule has 0 aromatic rings. The quantitative estimate of drug-likeness (QED) is 0.111. The molecule has 0 rings (SSSR count). The number of esters is 2. The van der Waals surface area contributed by atoms with Crippen LogP contribution in [-0.4, -0.2) is 25.2 Å². The summed E-state index contributed by atoms with van der Waals surface area (Å²) >= 11 is 0. The molecule has 33 heavy (non-hydrogen) atoms. The summed E-state index contributed by atoms with van der Waals surface area (Å²) in [7, 11) is 0. The highest BCUT2D eigenvalue weighted by Crippen LogP contribution is 2.18. The van der Waals surface area contributed by atoms with Gasteiger partial charge >= 0.3 is 11.9 Å². The predicted molar refractivity (Wildman–Crippen MR) is 139 cm³/mol. The molecule has 0 aromatic heterocycles. The summed E-state index contributed by atoms with van der Waals surface area (Å²) in [5.74, 6) is 1.25. The highest BCUT2D eigenvalue weighted by molar-refractivity contribution is 5.72. The maximum atomic E-state index is 12.2. The van der Waals surface area contributed by atoms with E-state index in [0.29, 0.717) is 31.5 Å². The van der Waals surface area contributed by atoms with Gasteiger partial charge in [-0.2, -0.15) is 0 Å². The fourth-order valence-corrected chi connectivity index (χ4v) is 3.91. The van der Waals surface area contributed by atoms with Crippen LogP contribution >= 0.6 is 0 Å². The Morgan fingerprint density at radius 2 is 1.00 bits per heavy atom. The van der Waals surface area contributed by atoms with Crippen molar-refractivity contribution in [1.29, 1.82) is 0 Å². The van der Waals surface area contributed by atoms with Crippen molar-refractivity contribution in [2.75, 3.05) is 13.2 Å². The lowest BCUT2D eigenvalue weighted by molar-refractivity contribution is -0.149. The van der Waals surface area contributed by atoms with Crippen molar-refractivity contribution in [3.8, 4) is 0 Å². The highest BCUT2D eigenvalue weighted by atomic mass is 16.5. The summed E-state index contributed by atoms with van der Waals surface area (Å²) in [4.78, 5) is 23.8. The minimum atomic E-state index is -0.0255. The van der Waals surface area contributed by atoms with Crippen molar-refractivity contribution in [1.82, 2.24) is 0 Å². The number of unbranched alkanes of at least 4 members (excludes halogenated alkanes) is 11. The van der Waals surface area contributed by atoms with Crippen LogP contribution in [0.1, 0.15) is 144 Å². The third-order valence-corrected chi connectivity index (χ3v) is 6.41. The fraction of sp³-hybridized carbons (Fsp3) is 0.931. The van der Waals surface area contributed by atoms with Crippen LogP contribution in [0.2, 0.25) is 0 Å². The minimum Gasteiger partial charge on any atom is -0.466 e. The topological polar surface area (TPSA) is 52.6 Å². The third-order valence-electron chi connectivity index (χ3n) is 6.41. The highest BCUT2D eigenvalue weighted by Gasteiger charge is 2.17. The molecule has 0 bridgehead atoms. The summed E-state index contributed by atoms with van der Waals surface area (Å²) < 4.78 is 10.7. The van der Waals surface area contributed by atoms with Gasteiger partial charge in [0.05, 0.1) is 19.1 Å². The van der Waals surface area contributed by atoms with Crippen LogP contribution in [-0.2, 0) is 19.1 Å². The van der Waals surface area contributed by atoms with Crippen molar-refractivity contribution in [3.63, 3.8) is 0 Å². The molecule has 4 heteroatoms. The second kappa shape index (κ2) is 22.7. The number of hydrogen-bond donors (Lipinski definition) is 0. The zero-order valence-electron chi connectivity index (χ0n) is 22.8. The molecule has 0 aliphatic rings. The van der Waals surface area contributed by atoms with E-state index >= 15 is 0 Å². The molecular weight excluding hydrogens is 412 g/mol. The molecule has 0 saturated heterocycles. The lowest BCUT2D eigenvalue weighted by Gasteiger charge is -2.14. The summed E-state index contributed by atoms with van der Waals surface area (Å²) in [6.07, 6.45) is 19.3.